The van der Waals surface area contributed by atoms with E-state index < -0.39 is 11.6 Å². The van der Waals surface area contributed by atoms with E-state index in [0.29, 0.717) is 0 Å². The fourth-order valence-corrected chi connectivity index (χ4v) is 0.796. The maximum atomic E-state index is 11.9. The van der Waals surface area contributed by atoms with Gasteiger partial charge >= 0.3 is 0 Å². The molecule has 0 aliphatic carbocycles. The molecule has 0 N–H and O–H groups in total. The van der Waals surface area contributed by atoms with Gasteiger partial charge in [-0.05, 0) is 42.5 Å². The molecule has 15 heavy (non-hydrogen) atoms. The van der Waals surface area contributed by atoms with Crippen LogP contribution in [0.1, 0.15) is 0 Å². The predicted octanol–water partition coefficient (Wildman–Crippen LogP) is 3.59. The van der Waals surface area contributed by atoms with E-state index in [1.54, 1.807) is 0 Å². The lowest BCUT2D eigenvalue weighted by Gasteiger charge is -1.83. The molecule has 0 unspecified atom stereocenters. The van der Waals surface area contributed by atoms with E-state index in [0.717, 1.165) is 24.3 Å². The van der Waals surface area contributed by atoms with Crippen LogP contribution in [0.3, 0.4) is 0 Å². The molecule has 0 aromatic heterocycles. The summed E-state index contributed by atoms with van der Waals surface area (Å²) in [6.45, 7) is 0. The van der Waals surface area contributed by atoms with Gasteiger partial charge in [0.1, 0.15) is 17.5 Å². The highest BCUT2D eigenvalue weighted by Crippen LogP contribution is 1.98. The summed E-state index contributed by atoms with van der Waals surface area (Å²) in [6, 6.07) is 12.8. The Labute approximate surface area is 86.0 Å². The molecule has 0 atom stereocenters. The summed E-state index contributed by atoms with van der Waals surface area (Å²) < 4.78 is 35.7. The van der Waals surface area contributed by atoms with Crippen molar-refractivity contribution in [2.75, 3.05) is 0 Å². The van der Waals surface area contributed by atoms with Gasteiger partial charge in [0, 0.05) is 0 Å². The van der Waals surface area contributed by atoms with Crippen molar-refractivity contribution in [3.63, 3.8) is 0 Å². The Morgan fingerprint density at radius 1 is 0.600 bits per heavy atom. The van der Waals surface area contributed by atoms with Crippen molar-refractivity contribution in [3.05, 3.63) is 72.0 Å². The zero-order valence-electron chi connectivity index (χ0n) is 7.75. The van der Waals surface area contributed by atoms with Gasteiger partial charge in [0.15, 0.2) is 0 Å². The number of rotatable bonds is 0. The third-order valence-electron chi connectivity index (χ3n) is 1.48. The molecule has 3 heteroatoms. The molecule has 0 saturated carbocycles. The Morgan fingerprint density at radius 2 is 0.933 bits per heavy atom. The van der Waals surface area contributed by atoms with Crippen molar-refractivity contribution in [2.24, 2.45) is 0 Å². The summed E-state index contributed by atoms with van der Waals surface area (Å²) in [4.78, 5) is 0. The van der Waals surface area contributed by atoms with Crippen LogP contribution < -0.4 is 0 Å². The molecule has 1 radical (unpaired) electrons. The minimum absolute atomic E-state index is 0.209. The van der Waals surface area contributed by atoms with Crippen LogP contribution in [-0.2, 0) is 0 Å². The van der Waals surface area contributed by atoms with Gasteiger partial charge in [-0.3, -0.25) is 0 Å². The molecule has 77 valence electrons. The van der Waals surface area contributed by atoms with Crippen LogP contribution in [0.5, 0.6) is 0 Å². The lowest BCUT2D eigenvalue weighted by molar-refractivity contribution is 0.600. The van der Waals surface area contributed by atoms with E-state index in [2.05, 4.69) is 6.07 Å². The van der Waals surface area contributed by atoms with Crippen molar-refractivity contribution in [1.82, 2.24) is 0 Å². The smallest absolute Gasteiger partial charge is 0.123 e. The number of hydrogen-bond acceptors (Lipinski definition) is 0. The van der Waals surface area contributed by atoms with E-state index in [1.807, 2.05) is 0 Å². The van der Waals surface area contributed by atoms with Crippen molar-refractivity contribution < 1.29 is 13.2 Å². The Balaban J connectivity index is 0.000000151. The number of halogens is 3. The molecule has 2 rings (SSSR count). The van der Waals surface area contributed by atoms with Gasteiger partial charge in [0.05, 0.1) is 0 Å². The molecule has 2 aromatic rings. The van der Waals surface area contributed by atoms with Crippen LogP contribution in [0.25, 0.3) is 0 Å². The van der Waals surface area contributed by atoms with Gasteiger partial charge in [-0.15, -0.1) is 0 Å². The largest absolute Gasteiger partial charge is 0.207 e. The van der Waals surface area contributed by atoms with Crippen LogP contribution in [0.2, 0.25) is 0 Å². The zero-order valence-corrected chi connectivity index (χ0v) is 7.75. The second kappa shape index (κ2) is 5.86. The average Bonchev–Trinajstić information content (AvgIpc) is 2.25. The topological polar surface area (TPSA) is 0 Å². The number of hydrogen-bond donors (Lipinski definition) is 0. The van der Waals surface area contributed by atoms with Crippen LogP contribution in [0, 0.1) is 23.5 Å². The summed E-state index contributed by atoms with van der Waals surface area (Å²) in [5.41, 5.74) is 0. The first-order valence-corrected chi connectivity index (χ1v) is 4.21. The summed E-state index contributed by atoms with van der Waals surface area (Å²) in [7, 11) is 0. The highest BCUT2D eigenvalue weighted by molar-refractivity contribution is 5.04. The quantitative estimate of drug-likeness (QED) is 0.622. The highest BCUT2D eigenvalue weighted by Gasteiger charge is 1.86. The van der Waals surface area contributed by atoms with Gasteiger partial charge in [-0.2, -0.15) is 0 Å². The second-order valence-electron chi connectivity index (χ2n) is 2.65. The normalized spacial score (nSPS) is 9.00. The predicted molar refractivity (Wildman–Crippen MR) is 51.6 cm³/mol. The molecule has 0 amide bonds. The highest BCUT2D eigenvalue weighted by atomic mass is 19.1. The van der Waals surface area contributed by atoms with Crippen LogP contribution in [-0.4, -0.2) is 0 Å². The van der Waals surface area contributed by atoms with Crippen LogP contribution in [0.15, 0.2) is 48.5 Å². The summed E-state index contributed by atoms with van der Waals surface area (Å²) in [5, 5.41) is 0. The third-order valence-corrected chi connectivity index (χ3v) is 1.48. The molecular formula is C12H8F3. The summed E-state index contributed by atoms with van der Waals surface area (Å²) in [6.07, 6.45) is 0. The van der Waals surface area contributed by atoms with Gasteiger partial charge in [0.2, 0.25) is 0 Å². The molecule has 0 nitrogen and oxygen atoms in total. The molecular weight excluding hydrogens is 201 g/mol. The maximum absolute atomic E-state index is 11.9. The van der Waals surface area contributed by atoms with Gasteiger partial charge in [-0.25, -0.2) is 13.2 Å². The Bertz CT molecular complexity index is 360. The van der Waals surface area contributed by atoms with E-state index in [-0.39, 0.29) is 5.82 Å². The van der Waals surface area contributed by atoms with Gasteiger partial charge < -0.3 is 0 Å². The molecule has 0 heterocycles. The summed E-state index contributed by atoms with van der Waals surface area (Å²) >= 11 is 0. The Morgan fingerprint density at radius 3 is 1.20 bits per heavy atom. The average molecular weight is 209 g/mol. The first-order valence-electron chi connectivity index (χ1n) is 4.21. The molecule has 0 bridgehead atoms. The molecule has 2 aromatic carbocycles. The molecule has 0 aliphatic rings. The first kappa shape index (κ1) is 11.3. The van der Waals surface area contributed by atoms with Crippen molar-refractivity contribution in [1.29, 1.82) is 0 Å². The van der Waals surface area contributed by atoms with Crippen LogP contribution >= 0.6 is 0 Å². The monoisotopic (exact) mass is 209 g/mol. The molecule has 0 aliphatic heterocycles. The van der Waals surface area contributed by atoms with E-state index in [4.69, 9.17) is 0 Å². The Kier molecular flexibility index (Phi) is 4.41. The van der Waals surface area contributed by atoms with Crippen LogP contribution in [0.4, 0.5) is 13.2 Å². The van der Waals surface area contributed by atoms with E-state index >= 15 is 0 Å². The Hall–Kier alpha value is -1.77. The van der Waals surface area contributed by atoms with Crippen molar-refractivity contribution in [3.8, 4) is 0 Å². The van der Waals surface area contributed by atoms with E-state index in [9.17, 15) is 13.2 Å². The molecule has 0 saturated heterocycles. The third kappa shape index (κ3) is 4.86. The minimum atomic E-state index is -0.411. The SMILES string of the molecule is Fc1cc[c]cc1.Fc1ccc(F)cc1. The van der Waals surface area contributed by atoms with E-state index in [1.165, 1.54) is 24.3 Å². The molecule has 0 spiro atoms. The summed E-state index contributed by atoms with van der Waals surface area (Å²) in [5.74, 6) is -1.03. The minimum Gasteiger partial charge on any atom is -0.207 e. The fourth-order valence-electron chi connectivity index (χ4n) is 0.796. The maximum Gasteiger partial charge on any atom is 0.123 e. The lowest BCUT2D eigenvalue weighted by Crippen LogP contribution is -1.72. The van der Waals surface area contributed by atoms with Gasteiger partial charge in [-0.1, -0.05) is 12.1 Å². The molecule has 0 fully saturated rings. The lowest BCUT2D eigenvalue weighted by atomic mass is 10.3. The first-order chi connectivity index (χ1) is 7.18. The second-order valence-corrected chi connectivity index (χ2v) is 2.65. The van der Waals surface area contributed by atoms with Crippen molar-refractivity contribution in [2.45, 2.75) is 0 Å². The fraction of sp³-hybridized carbons (Fsp3) is 0. The number of benzene rings is 2. The van der Waals surface area contributed by atoms with Gasteiger partial charge in [0.25, 0.3) is 0 Å². The van der Waals surface area contributed by atoms with Crippen molar-refractivity contribution >= 4 is 0 Å². The zero-order chi connectivity index (χ0) is 11.1. The standard InChI is InChI=1S/C6H4F2.C6H4F/c7-5-1-2-6(8)4-3-5;7-6-4-2-1-3-5-6/h1-4H;2-5H.